The molecule has 3 aliphatic heterocycles. The quantitative estimate of drug-likeness (QED) is 0.0226. The lowest BCUT2D eigenvalue weighted by molar-refractivity contribution is -0.256. The van der Waals surface area contributed by atoms with E-state index in [-0.39, 0.29) is 72.6 Å². The number of benzene rings is 2. The number of aromatic hydroxyl groups is 2. The van der Waals surface area contributed by atoms with Crippen molar-refractivity contribution in [1.82, 2.24) is 36.1 Å². The highest BCUT2D eigenvalue weighted by molar-refractivity contribution is 9.09. The molecule has 25 nitrogen and oxygen atoms in total. The van der Waals surface area contributed by atoms with E-state index in [0.717, 1.165) is 11.4 Å². The zero-order valence-electron chi connectivity index (χ0n) is 42.9. The first-order valence-corrected chi connectivity index (χ1v) is 27.6. The molecular weight excluding hydrogens is 1150 g/mol. The first kappa shape index (κ1) is 58.4. The first-order chi connectivity index (χ1) is 37.2. The number of ether oxygens (including phenoxy) is 10. The van der Waals surface area contributed by atoms with Crippen molar-refractivity contribution in [3.8, 4) is 17.2 Å². The molecule has 0 bridgehead atoms. The van der Waals surface area contributed by atoms with Crippen molar-refractivity contribution >= 4 is 61.1 Å². The molecular formula is C50H65Br2N7O18. The first-order valence-electron chi connectivity index (χ1n) is 25.4. The van der Waals surface area contributed by atoms with Crippen LogP contribution in [-0.4, -0.2) is 194 Å². The highest BCUT2D eigenvalue weighted by Crippen LogP contribution is 2.53. The van der Waals surface area contributed by atoms with Crippen LogP contribution in [-0.2, 0) is 80.6 Å². The second kappa shape index (κ2) is 26.9. The van der Waals surface area contributed by atoms with Gasteiger partial charge in [-0.25, -0.2) is 4.68 Å². The number of aryl methyl sites for hydroxylation is 1. The van der Waals surface area contributed by atoms with Gasteiger partial charge in [-0.1, -0.05) is 49.2 Å². The van der Waals surface area contributed by atoms with Gasteiger partial charge in [0.2, 0.25) is 17.6 Å². The summed E-state index contributed by atoms with van der Waals surface area (Å²) < 4.78 is 59.8. The van der Waals surface area contributed by atoms with Gasteiger partial charge in [0.1, 0.15) is 23.4 Å². The Labute approximate surface area is 460 Å². The van der Waals surface area contributed by atoms with E-state index in [2.05, 4.69) is 63.2 Å². The van der Waals surface area contributed by atoms with E-state index in [1.54, 1.807) is 11.6 Å². The second-order valence-electron chi connectivity index (χ2n) is 18.8. The van der Waals surface area contributed by atoms with Gasteiger partial charge in [-0.15, -0.1) is 5.10 Å². The minimum absolute atomic E-state index is 0.0312. The summed E-state index contributed by atoms with van der Waals surface area (Å²) in [6.45, 7) is 5.66. The zero-order valence-corrected chi connectivity index (χ0v) is 46.1. The van der Waals surface area contributed by atoms with Gasteiger partial charge in [-0.3, -0.25) is 39.7 Å². The number of methoxy groups -OCH3 is 2. The van der Waals surface area contributed by atoms with E-state index in [1.807, 2.05) is 0 Å². The number of aromatic nitrogens is 3. The number of phenols is 2. The Hall–Kier alpha value is -4.75. The molecule has 2 aliphatic carbocycles. The molecule has 27 heteroatoms. The molecule has 8 atom stereocenters. The number of carbonyl (C=O) groups excluding carboxylic acids is 5. The molecule has 3 amide bonds. The number of hydrogen-bond acceptors (Lipinski definition) is 21. The average molecular weight is 1210 g/mol. The summed E-state index contributed by atoms with van der Waals surface area (Å²) in [6.07, 6.45) is -4.73. The largest absolute Gasteiger partial charge is 0.507 e. The van der Waals surface area contributed by atoms with Crippen LogP contribution in [0.2, 0.25) is 0 Å². The summed E-state index contributed by atoms with van der Waals surface area (Å²) in [4.78, 5) is 69.4. The van der Waals surface area contributed by atoms with E-state index in [1.165, 1.54) is 32.4 Å². The van der Waals surface area contributed by atoms with Crippen LogP contribution < -0.4 is 20.9 Å². The van der Waals surface area contributed by atoms with Gasteiger partial charge < -0.3 is 68.0 Å². The molecule has 8 rings (SSSR count). The molecule has 0 saturated carbocycles. The number of nitrogens with one attached hydrogen (secondary N) is 3. The molecule has 3 aromatic rings. The molecule has 1 aromatic heterocycles. The standard InChI is InChI=1S/C50H65Br2N7O18/c1-27-46-31(58-12-15-74-48(69-3)47(58)77-46)22-37(75-27)76-34-24-50(67,23-29-39(34)45(65)41-40(43(29)63)42(62)28-6-4-7-33(68-2)38(28)44(41)64)49(66)56-55-36(61)9-13-70-16-18-72-20-21-73-19-17-71-14-10-53-35(60)8-5-11-59-32(26-52)30(25-51)54-57-59/h4,6-7,27,31,34,37,46-48,63,65,67H,5,8-26H2,1-3H3,(H,53,60)(H,55,61)(H,56,66)/t27-,31-,34-,37-,46+,47+,48-,50-/m0/s1. The van der Waals surface area contributed by atoms with Gasteiger partial charge in [0, 0.05) is 85.8 Å². The van der Waals surface area contributed by atoms with Crippen molar-refractivity contribution in [1.29, 1.82) is 0 Å². The van der Waals surface area contributed by atoms with E-state index in [4.69, 9.17) is 47.4 Å². The molecule has 6 N–H and O–H groups in total. The predicted octanol–water partition coefficient (Wildman–Crippen LogP) is 1.73. The number of hydrazine groups is 1. The number of alkyl halides is 2. The number of amides is 3. The van der Waals surface area contributed by atoms with Crippen LogP contribution in [0, 0.1) is 0 Å². The van der Waals surface area contributed by atoms with E-state index < -0.39 is 102 Å². The summed E-state index contributed by atoms with van der Waals surface area (Å²) in [5, 5.41) is 48.6. The molecule has 0 spiro atoms. The Morgan fingerprint density at radius 3 is 2.29 bits per heavy atom. The lowest BCUT2D eigenvalue weighted by atomic mass is 9.72. The summed E-state index contributed by atoms with van der Waals surface area (Å²) in [6, 6.07) is 4.15. The molecule has 422 valence electrons. The monoisotopic (exact) mass is 1210 g/mol. The average Bonchev–Trinajstić information content (AvgIpc) is 4.17. The lowest BCUT2D eigenvalue weighted by Gasteiger charge is -2.43. The molecule has 2 aromatic carbocycles. The number of nitrogens with zero attached hydrogens (tertiary/aromatic N) is 4. The van der Waals surface area contributed by atoms with Crippen molar-refractivity contribution in [3.05, 3.63) is 63.0 Å². The van der Waals surface area contributed by atoms with Crippen LogP contribution in [0.15, 0.2) is 18.2 Å². The van der Waals surface area contributed by atoms with Gasteiger partial charge in [-0.2, -0.15) is 0 Å². The van der Waals surface area contributed by atoms with E-state index in [9.17, 15) is 39.3 Å². The zero-order chi connectivity index (χ0) is 54.8. The highest BCUT2D eigenvalue weighted by atomic mass is 79.9. The normalized spacial score (nSPS) is 24.6. The van der Waals surface area contributed by atoms with Crippen molar-refractivity contribution in [3.63, 3.8) is 0 Å². The molecule has 0 unspecified atom stereocenters. The number of morpholine rings is 1. The van der Waals surface area contributed by atoms with Crippen molar-refractivity contribution in [2.24, 2.45) is 0 Å². The number of phenolic OH excluding ortho intramolecular Hbond substituents is 2. The fourth-order valence-electron chi connectivity index (χ4n) is 10.3. The third-order valence-corrected chi connectivity index (χ3v) is 15.1. The van der Waals surface area contributed by atoms with Crippen LogP contribution in [0.25, 0.3) is 0 Å². The van der Waals surface area contributed by atoms with Crippen molar-refractivity contribution in [2.45, 2.75) is 111 Å². The summed E-state index contributed by atoms with van der Waals surface area (Å²) >= 11 is 6.85. The van der Waals surface area contributed by atoms with Gasteiger partial charge in [-0.05, 0) is 19.4 Å². The number of aliphatic hydroxyl groups is 1. The topological polar surface area (TPSA) is 308 Å². The number of carbonyl (C=O) groups is 5. The Morgan fingerprint density at radius 1 is 0.870 bits per heavy atom. The molecule has 3 fully saturated rings. The number of halogens is 2. The van der Waals surface area contributed by atoms with Crippen molar-refractivity contribution < 1.29 is 86.7 Å². The Kier molecular flexibility index (Phi) is 20.4. The van der Waals surface area contributed by atoms with Gasteiger partial charge in [0.15, 0.2) is 30.2 Å². The molecule has 5 aliphatic rings. The number of rotatable bonds is 26. The fourth-order valence-corrected chi connectivity index (χ4v) is 11.3. The SMILES string of the molecule is COc1cccc2c1C(=O)c1c(O)c3c(c(O)c1C2=O)C[C@@](O)(C(=O)NNC(=O)CCOCCOCCOCCOCCNC(=O)CCCn1nnc(CBr)c1CBr)C[C@@H]3O[C@H]1C[C@H]2[C@H](O[C@@H]3[C@@H](OC)OCCN32)[C@H](C)O1. The third kappa shape index (κ3) is 13.1. The Bertz CT molecular complexity index is 2610. The van der Waals surface area contributed by atoms with E-state index >= 15 is 0 Å². The van der Waals surface area contributed by atoms with Gasteiger partial charge in [0.05, 0.1) is 113 Å². The lowest BCUT2D eigenvalue weighted by Crippen LogP contribution is -2.57. The highest BCUT2D eigenvalue weighted by Gasteiger charge is 2.55. The summed E-state index contributed by atoms with van der Waals surface area (Å²) in [7, 11) is 2.85. The van der Waals surface area contributed by atoms with Gasteiger partial charge in [0.25, 0.3) is 5.91 Å². The van der Waals surface area contributed by atoms with E-state index in [0.29, 0.717) is 82.8 Å². The predicted molar refractivity (Wildman–Crippen MR) is 273 cm³/mol. The number of ketones is 2. The molecule has 3 saturated heterocycles. The molecule has 0 radical (unpaired) electrons. The maximum Gasteiger partial charge on any atom is 0.270 e. The van der Waals surface area contributed by atoms with Crippen LogP contribution in [0.1, 0.15) is 99.5 Å². The Morgan fingerprint density at radius 2 is 1.58 bits per heavy atom. The number of fused-ring (bicyclic) bond motifs is 6. The maximum absolute atomic E-state index is 14.2. The second-order valence-corrected chi connectivity index (χ2v) is 19.9. The third-order valence-electron chi connectivity index (χ3n) is 14.0. The minimum atomic E-state index is -2.42. The van der Waals surface area contributed by atoms with Crippen LogP contribution >= 0.6 is 31.9 Å². The maximum atomic E-state index is 14.2. The Balaban J connectivity index is 0.778. The molecule has 77 heavy (non-hydrogen) atoms. The number of hydrogen-bond donors (Lipinski definition) is 6. The smallest absolute Gasteiger partial charge is 0.270 e. The minimum Gasteiger partial charge on any atom is -0.507 e. The van der Waals surface area contributed by atoms with Gasteiger partial charge >= 0.3 is 0 Å². The van der Waals surface area contributed by atoms with Crippen LogP contribution in [0.3, 0.4) is 0 Å². The molecule has 4 heterocycles. The van der Waals surface area contributed by atoms with Crippen LogP contribution in [0.5, 0.6) is 17.2 Å². The fraction of sp³-hybridized carbons (Fsp3) is 0.620. The van der Waals surface area contributed by atoms with Crippen LogP contribution in [0.4, 0.5) is 0 Å². The van der Waals surface area contributed by atoms with Crippen molar-refractivity contribution in [2.75, 3.05) is 86.8 Å². The summed E-state index contributed by atoms with van der Waals surface area (Å²) in [5.41, 5.74) is 2.44. The summed E-state index contributed by atoms with van der Waals surface area (Å²) in [5.74, 6) is -4.73.